The number of hydrogen-bond acceptors (Lipinski definition) is 2. The Balaban J connectivity index is 1.67. The summed E-state index contributed by atoms with van der Waals surface area (Å²) in [6.07, 6.45) is 6.67. The van der Waals surface area contributed by atoms with E-state index >= 15 is 0 Å². The van der Waals surface area contributed by atoms with E-state index < -0.39 is 0 Å². The van der Waals surface area contributed by atoms with Crippen LogP contribution in [0.5, 0.6) is 0 Å². The summed E-state index contributed by atoms with van der Waals surface area (Å²) in [4.78, 5) is 2.60. The fourth-order valence-electron chi connectivity index (χ4n) is 3.29. The van der Waals surface area contributed by atoms with Gasteiger partial charge in [-0.15, -0.1) is 0 Å². The molecule has 1 aromatic carbocycles. The zero-order valence-corrected chi connectivity index (χ0v) is 11.2. The molecule has 0 aromatic heterocycles. The van der Waals surface area contributed by atoms with Crippen LogP contribution < -0.4 is 5.32 Å². The topological polar surface area (TPSA) is 15.3 Å². The monoisotopic (exact) mass is 244 g/mol. The van der Waals surface area contributed by atoms with E-state index in [0.717, 1.165) is 6.54 Å². The Bertz CT molecular complexity index is 339. The first-order chi connectivity index (χ1) is 8.92. The van der Waals surface area contributed by atoms with Crippen molar-refractivity contribution in [1.29, 1.82) is 0 Å². The van der Waals surface area contributed by atoms with E-state index in [2.05, 4.69) is 34.5 Å². The van der Waals surface area contributed by atoms with Crippen molar-refractivity contribution in [2.45, 2.75) is 44.7 Å². The number of rotatable bonds is 4. The van der Waals surface area contributed by atoms with Crippen molar-refractivity contribution in [2.75, 3.05) is 19.6 Å². The fourth-order valence-corrected chi connectivity index (χ4v) is 3.29. The molecule has 98 valence electrons. The van der Waals surface area contributed by atoms with Crippen molar-refractivity contribution in [2.24, 2.45) is 0 Å². The molecule has 1 aromatic rings. The summed E-state index contributed by atoms with van der Waals surface area (Å²) in [7, 11) is 0. The van der Waals surface area contributed by atoms with Crippen molar-refractivity contribution in [3.05, 3.63) is 35.4 Å². The van der Waals surface area contributed by atoms with Gasteiger partial charge in [-0.05, 0) is 62.9 Å². The average Bonchev–Trinajstić information content (AvgIpc) is 3.05. The van der Waals surface area contributed by atoms with Gasteiger partial charge in [-0.25, -0.2) is 0 Å². The Morgan fingerprint density at radius 3 is 2.56 bits per heavy atom. The Morgan fingerprint density at radius 1 is 1.06 bits per heavy atom. The van der Waals surface area contributed by atoms with Crippen molar-refractivity contribution in [3.8, 4) is 0 Å². The quantitative estimate of drug-likeness (QED) is 0.876. The molecular weight excluding hydrogens is 220 g/mol. The molecule has 2 saturated heterocycles. The van der Waals surface area contributed by atoms with E-state index in [1.165, 1.54) is 51.7 Å². The number of nitrogens with one attached hydrogen (secondary N) is 1. The maximum absolute atomic E-state index is 3.61. The Morgan fingerprint density at radius 2 is 1.83 bits per heavy atom. The Labute approximate surface area is 110 Å². The number of hydrogen-bond donors (Lipinski definition) is 1. The molecule has 0 spiro atoms. The second-order valence-corrected chi connectivity index (χ2v) is 5.75. The molecule has 0 radical (unpaired) electrons. The lowest BCUT2D eigenvalue weighted by Gasteiger charge is -2.19. The molecule has 2 nitrogen and oxygen atoms in total. The van der Waals surface area contributed by atoms with Gasteiger partial charge in [-0.2, -0.15) is 0 Å². The van der Waals surface area contributed by atoms with Crippen LogP contribution in [0.1, 0.15) is 36.8 Å². The Kier molecular flexibility index (Phi) is 3.96. The van der Waals surface area contributed by atoms with Crippen molar-refractivity contribution >= 4 is 0 Å². The summed E-state index contributed by atoms with van der Waals surface area (Å²) in [5.74, 6) is 0. The van der Waals surface area contributed by atoms with Crippen LogP contribution in [-0.4, -0.2) is 30.6 Å². The summed E-state index contributed by atoms with van der Waals surface area (Å²) in [6.45, 7) is 4.94. The fraction of sp³-hybridized carbons (Fsp3) is 0.625. The first kappa shape index (κ1) is 12.2. The molecular formula is C16H24N2. The molecule has 2 heterocycles. The van der Waals surface area contributed by atoms with E-state index in [4.69, 9.17) is 0 Å². The van der Waals surface area contributed by atoms with E-state index in [9.17, 15) is 0 Å². The van der Waals surface area contributed by atoms with Crippen LogP contribution in [0.2, 0.25) is 0 Å². The van der Waals surface area contributed by atoms with Crippen LogP contribution in [-0.2, 0) is 13.0 Å². The molecule has 1 N–H and O–H groups in total. The Hall–Kier alpha value is -0.860. The van der Waals surface area contributed by atoms with Gasteiger partial charge in [0.05, 0.1) is 0 Å². The zero-order chi connectivity index (χ0) is 12.2. The smallest absolute Gasteiger partial charge is 0.0236 e. The zero-order valence-electron chi connectivity index (χ0n) is 11.2. The third-order valence-electron chi connectivity index (χ3n) is 4.34. The number of benzene rings is 1. The van der Waals surface area contributed by atoms with Gasteiger partial charge in [-0.3, -0.25) is 4.90 Å². The molecule has 1 unspecified atom stereocenters. The van der Waals surface area contributed by atoms with Crippen LogP contribution >= 0.6 is 0 Å². The summed E-state index contributed by atoms with van der Waals surface area (Å²) >= 11 is 0. The van der Waals surface area contributed by atoms with Gasteiger partial charge >= 0.3 is 0 Å². The maximum atomic E-state index is 3.61. The van der Waals surface area contributed by atoms with Gasteiger partial charge in [0, 0.05) is 12.6 Å². The summed E-state index contributed by atoms with van der Waals surface area (Å²) in [5.41, 5.74) is 3.11. The lowest BCUT2D eigenvalue weighted by atomic mass is 9.99. The van der Waals surface area contributed by atoms with E-state index in [-0.39, 0.29) is 0 Å². The highest BCUT2D eigenvalue weighted by Gasteiger charge is 2.17. The van der Waals surface area contributed by atoms with Gasteiger partial charge in [0.2, 0.25) is 0 Å². The SMILES string of the molecule is c1ccc(CN2CCCC2)c(CC2CCCN2)c1. The van der Waals surface area contributed by atoms with Gasteiger partial charge in [0.1, 0.15) is 0 Å². The minimum Gasteiger partial charge on any atom is -0.314 e. The van der Waals surface area contributed by atoms with Crippen LogP contribution in [0.4, 0.5) is 0 Å². The van der Waals surface area contributed by atoms with Crippen LogP contribution in [0.3, 0.4) is 0 Å². The van der Waals surface area contributed by atoms with Crippen molar-refractivity contribution < 1.29 is 0 Å². The maximum Gasteiger partial charge on any atom is 0.0236 e. The minimum atomic E-state index is 0.713. The lowest BCUT2D eigenvalue weighted by molar-refractivity contribution is 0.330. The predicted octanol–water partition coefficient (Wildman–Crippen LogP) is 2.58. The standard InChI is InChI=1S/C16H24N2/c1-2-7-15(13-18-10-3-4-11-18)14(6-1)12-16-8-5-9-17-16/h1-2,6-7,16-17H,3-5,8-13H2. The van der Waals surface area contributed by atoms with Gasteiger partial charge in [0.25, 0.3) is 0 Å². The molecule has 18 heavy (non-hydrogen) atoms. The van der Waals surface area contributed by atoms with Gasteiger partial charge in [-0.1, -0.05) is 24.3 Å². The molecule has 0 saturated carbocycles. The summed E-state index contributed by atoms with van der Waals surface area (Å²) in [6, 6.07) is 9.74. The molecule has 2 fully saturated rings. The molecule has 3 rings (SSSR count). The lowest BCUT2D eigenvalue weighted by Crippen LogP contribution is -2.25. The van der Waals surface area contributed by atoms with E-state index in [1.54, 1.807) is 11.1 Å². The number of nitrogens with zero attached hydrogens (tertiary/aromatic N) is 1. The second kappa shape index (κ2) is 5.85. The predicted molar refractivity (Wildman–Crippen MR) is 75.7 cm³/mol. The van der Waals surface area contributed by atoms with Crippen molar-refractivity contribution in [3.63, 3.8) is 0 Å². The van der Waals surface area contributed by atoms with Gasteiger partial charge < -0.3 is 5.32 Å². The van der Waals surface area contributed by atoms with Crippen LogP contribution in [0.15, 0.2) is 24.3 Å². The van der Waals surface area contributed by atoms with Crippen LogP contribution in [0, 0.1) is 0 Å². The molecule has 1 atom stereocenters. The third kappa shape index (κ3) is 2.93. The molecule has 2 heteroatoms. The minimum absolute atomic E-state index is 0.713. The molecule has 0 aliphatic carbocycles. The van der Waals surface area contributed by atoms with E-state index in [1.807, 2.05) is 0 Å². The first-order valence-corrected chi connectivity index (χ1v) is 7.44. The molecule has 0 bridgehead atoms. The summed E-state index contributed by atoms with van der Waals surface area (Å²) in [5, 5.41) is 3.61. The first-order valence-electron chi connectivity index (χ1n) is 7.44. The highest BCUT2D eigenvalue weighted by Crippen LogP contribution is 2.19. The molecule has 0 amide bonds. The second-order valence-electron chi connectivity index (χ2n) is 5.75. The highest BCUT2D eigenvalue weighted by atomic mass is 15.1. The largest absolute Gasteiger partial charge is 0.314 e. The molecule has 2 aliphatic heterocycles. The summed E-state index contributed by atoms with van der Waals surface area (Å²) < 4.78 is 0. The average molecular weight is 244 g/mol. The number of likely N-dealkylation sites (tertiary alicyclic amines) is 1. The molecule has 2 aliphatic rings. The normalized spacial score (nSPS) is 24.8. The highest BCUT2D eigenvalue weighted by molar-refractivity contribution is 5.28. The van der Waals surface area contributed by atoms with Gasteiger partial charge in [0.15, 0.2) is 0 Å². The van der Waals surface area contributed by atoms with Crippen molar-refractivity contribution in [1.82, 2.24) is 10.2 Å². The third-order valence-corrected chi connectivity index (χ3v) is 4.34. The van der Waals surface area contributed by atoms with E-state index in [0.29, 0.717) is 6.04 Å². The van der Waals surface area contributed by atoms with Crippen LogP contribution in [0.25, 0.3) is 0 Å².